The Hall–Kier alpha value is -2.71. The van der Waals surface area contributed by atoms with Gasteiger partial charge in [0.1, 0.15) is 5.75 Å². The number of rotatable bonds is 7. The summed E-state index contributed by atoms with van der Waals surface area (Å²) in [5.41, 5.74) is 7.21. The van der Waals surface area contributed by atoms with E-state index in [-0.39, 0.29) is 29.4 Å². The molecule has 144 valence electrons. The first kappa shape index (κ1) is 21.3. The van der Waals surface area contributed by atoms with E-state index in [2.05, 4.69) is 10.5 Å². The van der Waals surface area contributed by atoms with Crippen molar-refractivity contribution < 1.29 is 27.4 Å². The predicted octanol–water partition coefficient (Wildman–Crippen LogP) is 3.17. The lowest BCUT2D eigenvalue weighted by Crippen LogP contribution is -2.19. The van der Waals surface area contributed by atoms with Gasteiger partial charge in [-0.2, -0.15) is 18.3 Å². The van der Waals surface area contributed by atoms with Gasteiger partial charge in [0, 0.05) is 17.8 Å². The summed E-state index contributed by atoms with van der Waals surface area (Å²) in [6.45, 7) is 6.78. The topological polar surface area (TPSA) is 85.9 Å². The molecule has 0 aromatic heterocycles. The molecule has 6 nitrogen and oxygen atoms in total. The third-order valence-electron chi connectivity index (χ3n) is 2.73. The van der Waals surface area contributed by atoms with Crippen molar-refractivity contribution in [1.82, 2.24) is 5.43 Å². The maximum Gasteiger partial charge on any atom is 0.416 e. The van der Waals surface area contributed by atoms with Crippen molar-refractivity contribution in [2.24, 2.45) is 10.8 Å². The number of halogens is 3. The highest BCUT2D eigenvalue weighted by molar-refractivity contribution is 5.98. The molecule has 1 aromatic rings. The first-order valence-electron chi connectivity index (χ1n) is 7.84. The number of amidine groups is 1. The lowest BCUT2D eigenvalue weighted by atomic mass is 10.1. The summed E-state index contributed by atoms with van der Waals surface area (Å²) in [6, 6.07) is 3.11. The Morgan fingerprint density at radius 3 is 2.38 bits per heavy atom. The zero-order valence-corrected chi connectivity index (χ0v) is 14.9. The molecule has 3 N–H and O–H groups in total. The van der Waals surface area contributed by atoms with Gasteiger partial charge < -0.3 is 15.2 Å². The van der Waals surface area contributed by atoms with Gasteiger partial charge in [-0.3, -0.25) is 5.43 Å². The number of carbonyl (C=O) groups is 1. The number of hydrogen-bond donors (Lipinski definition) is 2. The molecule has 0 bridgehead atoms. The second kappa shape index (κ2) is 9.12. The van der Waals surface area contributed by atoms with E-state index in [1.807, 2.05) is 0 Å². The van der Waals surface area contributed by atoms with Gasteiger partial charge in [0.05, 0.1) is 17.8 Å². The van der Waals surface area contributed by atoms with E-state index in [4.69, 9.17) is 15.2 Å². The van der Waals surface area contributed by atoms with Crippen LogP contribution in [0.15, 0.2) is 35.6 Å². The second-order valence-corrected chi connectivity index (χ2v) is 5.86. The van der Waals surface area contributed by atoms with Crippen LogP contribution in [-0.4, -0.2) is 24.0 Å². The number of benzene rings is 1. The van der Waals surface area contributed by atoms with Gasteiger partial charge in [0.25, 0.3) is 0 Å². The van der Waals surface area contributed by atoms with Gasteiger partial charge in [-0.1, -0.05) is 0 Å². The maximum absolute atomic E-state index is 13.0. The third-order valence-corrected chi connectivity index (χ3v) is 2.73. The third kappa shape index (κ3) is 7.45. The molecule has 0 amide bonds. The molecule has 0 atom stereocenters. The summed E-state index contributed by atoms with van der Waals surface area (Å²) in [6.07, 6.45) is -2.89. The van der Waals surface area contributed by atoms with Crippen LogP contribution in [0.4, 0.5) is 13.2 Å². The second-order valence-electron chi connectivity index (χ2n) is 5.86. The van der Waals surface area contributed by atoms with E-state index in [0.717, 1.165) is 24.4 Å². The van der Waals surface area contributed by atoms with E-state index >= 15 is 0 Å². The summed E-state index contributed by atoms with van der Waals surface area (Å²) in [5, 5.41) is 3.72. The Balaban J connectivity index is 2.97. The number of hydrazone groups is 1. The van der Waals surface area contributed by atoms with Crippen LogP contribution in [0, 0.1) is 0 Å². The Morgan fingerprint density at radius 1 is 1.19 bits per heavy atom. The van der Waals surface area contributed by atoms with Crippen LogP contribution in [0.1, 0.15) is 38.8 Å². The highest BCUT2D eigenvalue weighted by atomic mass is 19.4. The molecule has 0 aliphatic rings. The van der Waals surface area contributed by atoms with E-state index in [0.29, 0.717) is 0 Å². The molecule has 26 heavy (non-hydrogen) atoms. The summed E-state index contributed by atoms with van der Waals surface area (Å²) in [7, 11) is 0. The Bertz CT molecular complexity index is 684. The number of nitrogens with two attached hydrogens (primary N) is 1. The first-order valence-corrected chi connectivity index (χ1v) is 7.84. The number of nitrogens with one attached hydrogen (secondary N) is 1. The van der Waals surface area contributed by atoms with Crippen LogP contribution in [0.25, 0.3) is 0 Å². The van der Waals surface area contributed by atoms with E-state index < -0.39 is 17.7 Å². The molecule has 0 fully saturated rings. The summed E-state index contributed by atoms with van der Waals surface area (Å²) in [5.74, 6) is -0.765. The fraction of sp³-hybridized carbons (Fsp3) is 0.412. The van der Waals surface area contributed by atoms with Gasteiger partial charge in [-0.15, -0.1) is 0 Å². The minimum atomic E-state index is -4.56. The number of carbonyl (C=O) groups excluding carboxylic acids is 1. The minimum absolute atomic E-state index is 0.0269. The summed E-state index contributed by atoms with van der Waals surface area (Å²) >= 11 is 0. The average molecular weight is 373 g/mol. The Morgan fingerprint density at radius 2 is 1.85 bits per heavy atom. The van der Waals surface area contributed by atoms with Crippen LogP contribution >= 0.6 is 0 Å². The van der Waals surface area contributed by atoms with Crippen molar-refractivity contribution in [2.75, 3.05) is 0 Å². The number of esters is 1. The van der Waals surface area contributed by atoms with Gasteiger partial charge in [0.2, 0.25) is 0 Å². The Kier molecular flexibility index (Phi) is 7.48. The molecule has 1 rings (SSSR count). The highest BCUT2D eigenvalue weighted by Crippen LogP contribution is 2.33. The van der Waals surface area contributed by atoms with Crippen molar-refractivity contribution in [3.8, 4) is 5.75 Å². The zero-order valence-electron chi connectivity index (χ0n) is 14.9. The minimum Gasteiger partial charge on any atom is -0.491 e. The van der Waals surface area contributed by atoms with Crippen LogP contribution < -0.4 is 15.9 Å². The van der Waals surface area contributed by atoms with Gasteiger partial charge >= 0.3 is 12.1 Å². The molecule has 0 aliphatic heterocycles. The summed E-state index contributed by atoms with van der Waals surface area (Å²) in [4.78, 5) is 11.3. The standard InChI is InChI=1S/C17H22F3N3O3/c1-10(2)25-14-8-12(7-13(9-14)17(18,19)20)16(21)23-22-6-5-15(24)26-11(3)4/h5-11,22H,1-4H3,(H2,21,23)/b6-5-. The summed E-state index contributed by atoms with van der Waals surface area (Å²) < 4.78 is 49.3. The molecule has 0 spiro atoms. The lowest BCUT2D eigenvalue weighted by Gasteiger charge is -2.14. The van der Waals surface area contributed by atoms with E-state index in [9.17, 15) is 18.0 Å². The lowest BCUT2D eigenvalue weighted by molar-refractivity contribution is -0.141. The van der Waals surface area contributed by atoms with Crippen molar-refractivity contribution in [1.29, 1.82) is 0 Å². The molecular weight excluding hydrogens is 351 g/mol. The van der Waals surface area contributed by atoms with E-state index in [1.54, 1.807) is 27.7 Å². The van der Waals surface area contributed by atoms with Gasteiger partial charge in [-0.25, -0.2) is 4.79 Å². The van der Waals surface area contributed by atoms with Crippen LogP contribution in [-0.2, 0) is 15.7 Å². The zero-order chi connectivity index (χ0) is 19.9. The van der Waals surface area contributed by atoms with Crippen molar-refractivity contribution in [2.45, 2.75) is 46.1 Å². The fourth-order valence-electron chi connectivity index (χ4n) is 1.80. The highest BCUT2D eigenvalue weighted by Gasteiger charge is 2.31. The van der Waals surface area contributed by atoms with Crippen molar-refractivity contribution in [3.63, 3.8) is 0 Å². The normalized spacial score (nSPS) is 12.7. The van der Waals surface area contributed by atoms with Crippen molar-refractivity contribution >= 4 is 11.8 Å². The number of ether oxygens (including phenoxy) is 2. The van der Waals surface area contributed by atoms with E-state index in [1.165, 1.54) is 6.07 Å². The molecule has 0 aliphatic carbocycles. The Labute approximate surface area is 149 Å². The van der Waals surface area contributed by atoms with Crippen LogP contribution in [0.5, 0.6) is 5.75 Å². The average Bonchev–Trinajstić information content (AvgIpc) is 2.48. The molecule has 0 saturated heterocycles. The SMILES string of the molecule is CC(C)OC(=O)/C=C\N/N=C(\N)c1cc(OC(C)C)cc(C(F)(F)F)c1. The fourth-order valence-corrected chi connectivity index (χ4v) is 1.80. The molecule has 0 unspecified atom stereocenters. The molecule has 0 heterocycles. The monoisotopic (exact) mass is 373 g/mol. The van der Waals surface area contributed by atoms with Crippen LogP contribution in [0.3, 0.4) is 0 Å². The number of hydrogen-bond acceptors (Lipinski definition) is 5. The predicted molar refractivity (Wildman–Crippen MR) is 91.4 cm³/mol. The van der Waals surface area contributed by atoms with Crippen molar-refractivity contribution in [3.05, 3.63) is 41.6 Å². The smallest absolute Gasteiger partial charge is 0.416 e. The molecule has 1 aromatic carbocycles. The number of nitrogens with zero attached hydrogens (tertiary/aromatic N) is 1. The van der Waals surface area contributed by atoms with Gasteiger partial charge in [-0.05, 0) is 45.9 Å². The molecule has 0 radical (unpaired) electrons. The van der Waals surface area contributed by atoms with Gasteiger partial charge in [0.15, 0.2) is 5.84 Å². The first-order chi connectivity index (χ1) is 12.0. The molecular formula is C17H22F3N3O3. The van der Waals surface area contributed by atoms with Crippen LogP contribution in [0.2, 0.25) is 0 Å². The molecule has 9 heteroatoms. The number of alkyl halides is 3. The quantitative estimate of drug-likeness (QED) is 0.252. The molecule has 0 saturated carbocycles. The largest absolute Gasteiger partial charge is 0.491 e. The maximum atomic E-state index is 13.0.